The molecular weight excluding hydrogens is 252 g/mol. The van der Waals surface area contributed by atoms with Crippen LogP contribution < -0.4 is 5.73 Å². The van der Waals surface area contributed by atoms with Crippen molar-refractivity contribution >= 4 is 27.8 Å². The Bertz CT molecular complexity index is 563. The van der Waals surface area contributed by atoms with Gasteiger partial charge in [-0.3, -0.25) is 4.21 Å². The smallest absolute Gasteiger partial charge is 0.106 e. The van der Waals surface area contributed by atoms with Gasteiger partial charge in [-0.1, -0.05) is 6.07 Å². The van der Waals surface area contributed by atoms with Crippen LogP contribution in [0.3, 0.4) is 0 Å². The van der Waals surface area contributed by atoms with Gasteiger partial charge in [-0.15, -0.1) is 11.3 Å². The van der Waals surface area contributed by atoms with Gasteiger partial charge in [-0.05, 0) is 31.5 Å². The Balaban J connectivity index is 2.23. The van der Waals surface area contributed by atoms with Gasteiger partial charge in [0, 0.05) is 21.7 Å². The SMILES string of the molecule is Cc1csc(CS(=O)c2cccc(N)c2C)n1. The van der Waals surface area contributed by atoms with E-state index in [1.165, 1.54) is 0 Å². The summed E-state index contributed by atoms with van der Waals surface area (Å²) >= 11 is 1.55. The molecule has 0 aliphatic carbocycles. The fourth-order valence-electron chi connectivity index (χ4n) is 1.54. The van der Waals surface area contributed by atoms with Crippen molar-refractivity contribution in [2.75, 3.05) is 5.73 Å². The molecule has 3 nitrogen and oxygen atoms in total. The first kappa shape index (κ1) is 12.3. The lowest BCUT2D eigenvalue weighted by molar-refractivity contribution is 0.682. The van der Waals surface area contributed by atoms with Gasteiger partial charge in [0.1, 0.15) is 5.01 Å². The first-order valence-electron chi connectivity index (χ1n) is 5.22. The molecule has 1 aromatic heterocycles. The lowest BCUT2D eigenvalue weighted by atomic mass is 10.2. The fraction of sp³-hybridized carbons (Fsp3) is 0.250. The summed E-state index contributed by atoms with van der Waals surface area (Å²) in [5, 5.41) is 2.88. The second kappa shape index (κ2) is 4.98. The molecule has 1 aromatic carbocycles. The van der Waals surface area contributed by atoms with Gasteiger partial charge < -0.3 is 5.73 Å². The van der Waals surface area contributed by atoms with Crippen LogP contribution in [0.1, 0.15) is 16.3 Å². The van der Waals surface area contributed by atoms with Crippen LogP contribution in [0.5, 0.6) is 0 Å². The van der Waals surface area contributed by atoms with Crippen molar-refractivity contribution in [1.29, 1.82) is 0 Å². The van der Waals surface area contributed by atoms with Crippen LogP contribution in [0.2, 0.25) is 0 Å². The van der Waals surface area contributed by atoms with E-state index in [-0.39, 0.29) is 0 Å². The first-order chi connectivity index (χ1) is 8.08. The summed E-state index contributed by atoms with van der Waals surface area (Å²) in [5.41, 5.74) is 8.37. The van der Waals surface area contributed by atoms with Crippen LogP contribution in [0.25, 0.3) is 0 Å². The molecule has 0 radical (unpaired) electrons. The van der Waals surface area contributed by atoms with Crippen LogP contribution in [-0.2, 0) is 16.6 Å². The summed E-state index contributed by atoms with van der Waals surface area (Å²) in [7, 11) is -1.07. The van der Waals surface area contributed by atoms with E-state index in [9.17, 15) is 4.21 Å². The Labute approximate surface area is 107 Å². The summed E-state index contributed by atoms with van der Waals surface area (Å²) in [4.78, 5) is 5.13. The van der Waals surface area contributed by atoms with Gasteiger partial charge in [0.25, 0.3) is 0 Å². The molecule has 1 atom stereocenters. The maximum absolute atomic E-state index is 12.2. The summed E-state index contributed by atoms with van der Waals surface area (Å²) in [6.45, 7) is 3.84. The highest BCUT2D eigenvalue weighted by Gasteiger charge is 2.11. The number of nitrogens with two attached hydrogens (primary N) is 1. The van der Waals surface area contributed by atoms with Crippen molar-refractivity contribution < 1.29 is 4.21 Å². The Morgan fingerprint density at radius 1 is 1.41 bits per heavy atom. The topological polar surface area (TPSA) is 56.0 Å². The number of aryl methyl sites for hydroxylation is 1. The number of rotatable bonds is 3. The zero-order chi connectivity index (χ0) is 12.4. The van der Waals surface area contributed by atoms with Crippen LogP contribution in [-0.4, -0.2) is 9.19 Å². The molecule has 0 aliphatic rings. The van der Waals surface area contributed by atoms with Gasteiger partial charge in [0.15, 0.2) is 0 Å². The molecule has 1 unspecified atom stereocenters. The van der Waals surface area contributed by atoms with Gasteiger partial charge in [-0.2, -0.15) is 0 Å². The largest absolute Gasteiger partial charge is 0.398 e. The van der Waals surface area contributed by atoms with Crippen molar-refractivity contribution in [3.8, 4) is 0 Å². The van der Waals surface area contributed by atoms with Crippen LogP contribution in [0.4, 0.5) is 5.69 Å². The van der Waals surface area contributed by atoms with E-state index in [4.69, 9.17) is 5.73 Å². The minimum Gasteiger partial charge on any atom is -0.398 e. The number of hydrogen-bond acceptors (Lipinski definition) is 4. The molecule has 2 rings (SSSR count). The molecule has 0 saturated carbocycles. The molecule has 1 heterocycles. The van der Waals surface area contributed by atoms with Crippen molar-refractivity contribution in [2.24, 2.45) is 0 Å². The van der Waals surface area contributed by atoms with E-state index in [2.05, 4.69) is 4.98 Å². The fourth-order valence-corrected chi connectivity index (χ4v) is 3.82. The average molecular weight is 266 g/mol. The second-order valence-corrected chi connectivity index (χ2v) is 6.21. The molecule has 0 spiro atoms. The first-order valence-corrected chi connectivity index (χ1v) is 7.42. The number of nitrogens with zero attached hydrogens (tertiary/aromatic N) is 1. The van der Waals surface area contributed by atoms with E-state index in [1.807, 2.05) is 37.4 Å². The Hall–Kier alpha value is -1.20. The van der Waals surface area contributed by atoms with Gasteiger partial charge >= 0.3 is 0 Å². The summed E-state index contributed by atoms with van der Waals surface area (Å²) in [5.74, 6) is 0.461. The van der Waals surface area contributed by atoms with Crippen LogP contribution in [0.15, 0.2) is 28.5 Å². The minimum absolute atomic E-state index is 0.461. The second-order valence-electron chi connectivity index (χ2n) is 3.84. The normalized spacial score (nSPS) is 12.6. The molecule has 5 heteroatoms. The zero-order valence-electron chi connectivity index (χ0n) is 9.77. The highest BCUT2D eigenvalue weighted by Crippen LogP contribution is 2.22. The number of aromatic nitrogens is 1. The monoisotopic (exact) mass is 266 g/mol. The van der Waals surface area contributed by atoms with E-state index in [1.54, 1.807) is 11.3 Å². The van der Waals surface area contributed by atoms with E-state index in [0.29, 0.717) is 11.4 Å². The molecule has 17 heavy (non-hydrogen) atoms. The number of hydrogen-bond donors (Lipinski definition) is 1. The third-order valence-corrected chi connectivity index (χ3v) is 5.11. The highest BCUT2D eigenvalue weighted by atomic mass is 32.2. The van der Waals surface area contributed by atoms with E-state index < -0.39 is 10.8 Å². The van der Waals surface area contributed by atoms with Gasteiger partial charge in [0.05, 0.1) is 16.6 Å². The van der Waals surface area contributed by atoms with Crippen LogP contribution >= 0.6 is 11.3 Å². The number of nitrogen functional groups attached to an aromatic ring is 1. The number of anilines is 1. The van der Waals surface area contributed by atoms with Gasteiger partial charge in [-0.25, -0.2) is 4.98 Å². The molecule has 0 bridgehead atoms. The van der Waals surface area contributed by atoms with E-state index >= 15 is 0 Å². The van der Waals surface area contributed by atoms with Crippen molar-refractivity contribution in [1.82, 2.24) is 4.98 Å². The molecule has 0 aliphatic heterocycles. The molecule has 0 amide bonds. The molecular formula is C12H14N2OS2. The Kier molecular flexibility index (Phi) is 3.59. The van der Waals surface area contributed by atoms with Crippen LogP contribution in [0, 0.1) is 13.8 Å². The number of thiazole rings is 1. The predicted molar refractivity (Wildman–Crippen MR) is 72.6 cm³/mol. The molecule has 2 N–H and O–H groups in total. The quantitative estimate of drug-likeness (QED) is 0.869. The molecule has 0 saturated heterocycles. The summed E-state index contributed by atoms with van der Waals surface area (Å²) in [6.07, 6.45) is 0. The highest BCUT2D eigenvalue weighted by molar-refractivity contribution is 7.84. The van der Waals surface area contributed by atoms with Crippen molar-refractivity contribution in [3.05, 3.63) is 39.8 Å². The molecule has 90 valence electrons. The third kappa shape index (κ3) is 2.73. The average Bonchev–Trinajstić information content (AvgIpc) is 2.68. The van der Waals surface area contributed by atoms with Crippen molar-refractivity contribution in [2.45, 2.75) is 24.5 Å². The maximum atomic E-state index is 12.2. The standard InChI is InChI=1S/C12H14N2OS2/c1-8-6-16-12(14-8)7-17(15)11-5-3-4-10(13)9(11)2/h3-6H,7,13H2,1-2H3. The molecule has 2 aromatic rings. The van der Waals surface area contributed by atoms with Crippen molar-refractivity contribution in [3.63, 3.8) is 0 Å². The minimum atomic E-state index is -1.07. The van der Waals surface area contributed by atoms with Gasteiger partial charge in [0.2, 0.25) is 0 Å². The predicted octanol–water partition coefficient (Wildman–Crippen LogP) is 2.65. The Morgan fingerprint density at radius 3 is 2.82 bits per heavy atom. The third-order valence-electron chi connectivity index (χ3n) is 2.49. The molecule has 0 fully saturated rings. The lowest BCUT2D eigenvalue weighted by Crippen LogP contribution is -2.01. The van der Waals surface area contributed by atoms with E-state index in [0.717, 1.165) is 21.2 Å². The summed E-state index contributed by atoms with van der Waals surface area (Å²) < 4.78 is 12.2. The maximum Gasteiger partial charge on any atom is 0.106 e. The lowest BCUT2D eigenvalue weighted by Gasteiger charge is -2.06. The Morgan fingerprint density at radius 2 is 2.18 bits per heavy atom. The number of benzene rings is 1. The summed E-state index contributed by atoms with van der Waals surface area (Å²) in [6, 6.07) is 5.52. The zero-order valence-corrected chi connectivity index (χ0v) is 11.4.